The Morgan fingerprint density at radius 3 is 2.92 bits per heavy atom. The Bertz CT molecular complexity index is 261. The van der Waals surface area contributed by atoms with E-state index < -0.39 is 0 Å². The van der Waals surface area contributed by atoms with Gasteiger partial charge in [0.1, 0.15) is 0 Å². The molecule has 72 valence electrons. The van der Waals surface area contributed by atoms with E-state index in [1.54, 1.807) is 6.20 Å². The highest BCUT2D eigenvalue weighted by Crippen LogP contribution is 2.07. The Balaban J connectivity index is 2.64. The van der Waals surface area contributed by atoms with E-state index in [-0.39, 0.29) is 6.10 Å². The maximum Gasteiger partial charge on any atom is 0.0738 e. The number of hydrogen-bond acceptors (Lipinski definition) is 3. The van der Waals surface area contributed by atoms with Crippen molar-refractivity contribution in [3.05, 3.63) is 29.6 Å². The molecule has 13 heavy (non-hydrogen) atoms. The van der Waals surface area contributed by atoms with E-state index in [1.807, 2.05) is 26.0 Å². The molecule has 0 fully saturated rings. The number of pyridine rings is 1. The van der Waals surface area contributed by atoms with Gasteiger partial charge in [0.15, 0.2) is 0 Å². The monoisotopic (exact) mass is 180 g/mol. The van der Waals surface area contributed by atoms with Gasteiger partial charge in [0.2, 0.25) is 0 Å². The molecule has 1 aromatic heterocycles. The molecule has 0 radical (unpaired) electrons. The Morgan fingerprint density at radius 2 is 2.31 bits per heavy atom. The predicted octanol–water partition coefficient (Wildman–Crippen LogP) is 1.47. The fourth-order valence-electron chi connectivity index (χ4n) is 1.04. The molecule has 0 saturated carbocycles. The maximum absolute atomic E-state index is 5.54. The lowest BCUT2D eigenvalue weighted by molar-refractivity contribution is 0.0651. The number of rotatable bonds is 4. The second kappa shape index (κ2) is 4.94. The molecule has 0 unspecified atom stereocenters. The summed E-state index contributed by atoms with van der Waals surface area (Å²) in [6, 6.07) is 3.90. The lowest BCUT2D eigenvalue weighted by atomic mass is 10.2. The van der Waals surface area contributed by atoms with Gasteiger partial charge in [-0.15, -0.1) is 0 Å². The first kappa shape index (κ1) is 10.2. The Kier molecular flexibility index (Phi) is 3.86. The number of hydrogen-bond donors (Lipinski definition) is 1. The van der Waals surface area contributed by atoms with Crippen LogP contribution in [0.2, 0.25) is 0 Å². The highest BCUT2D eigenvalue weighted by atomic mass is 16.5. The van der Waals surface area contributed by atoms with E-state index in [0.29, 0.717) is 13.2 Å². The molecule has 0 aromatic carbocycles. The fourth-order valence-corrected chi connectivity index (χ4v) is 1.04. The lowest BCUT2D eigenvalue weighted by Gasteiger charge is -2.09. The van der Waals surface area contributed by atoms with Crippen molar-refractivity contribution in [2.75, 3.05) is 0 Å². The van der Waals surface area contributed by atoms with E-state index in [4.69, 9.17) is 10.5 Å². The van der Waals surface area contributed by atoms with Crippen molar-refractivity contribution < 1.29 is 4.74 Å². The predicted molar refractivity (Wildman–Crippen MR) is 52.1 cm³/mol. The second-order valence-electron chi connectivity index (χ2n) is 3.17. The second-order valence-corrected chi connectivity index (χ2v) is 3.17. The van der Waals surface area contributed by atoms with Gasteiger partial charge in [0.05, 0.1) is 18.4 Å². The van der Waals surface area contributed by atoms with Gasteiger partial charge in [0.25, 0.3) is 0 Å². The molecule has 0 aliphatic heterocycles. The van der Waals surface area contributed by atoms with E-state index in [0.717, 1.165) is 11.3 Å². The minimum Gasteiger partial charge on any atom is -0.374 e. The number of nitrogens with two attached hydrogens (primary N) is 1. The molecule has 3 nitrogen and oxygen atoms in total. The lowest BCUT2D eigenvalue weighted by Crippen LogP contribution is -2.08. The Morgan fingerprint density at radius 1 is 1.54 bits per heavy atom. The first-order valence-electron chi connectivity index (χ1n) is 4.48. The molecule has 0 atom stereocenters. The van der Waals surface area contributed by atoms with E-state index in [2.05, 4.69) is 4.98 Å². The molecule has 3 heteroatoms. The van der Waals surface area contributed by atoms with Gasteiger partial charge in [-0.3, -0.25) is 4.98 Å². The van der Waals surface area contributed by atoms with Crippen molar-refractivity contribution in [2.45, 2.75) is 33.1 Å². The van der Waals surface area contributed by atoms with Crippen molar-refractivity contribution in [2.24, 2.45) is 5.73 Å². The summed E-state index contributed by atoms with van der Waals surface area (Å²) in [7, 11) is 0. The van der Waals surface area contributed by atoms with Gasteiger partial charge in [-0.25, -0.2) is 0 Å². The molecule has 0 aliphatic rings. The topological polar surface area (TPSA) is 48.1 Å². The number of nitrogens with zero attached hydrogens (tertiary/aromatic N) is 1. The van der Waals surface area contributed by atoms with Gasteiger partial charge >= 0.3 is 0 Å². The van der Waals surface area contributed by atoms with Crippen LogP contribution < -0.4 is 5.73 Å². The van der Waals surface area contributed by atoms with Crippen molar-refractivity contribution in [1.82, 2.24) is 4.98 Å². The molecular weight excluding hydrogens is 164 g/mol. The van der Waals surface area contributed by atoms with Crippen molar-refractivity contribution in [1.29, 1.82) is 0 Å². The van der Waals surface area contributed by atoms with Crippen molar-refractivity contribution >= 4 is 0 Å². The zero-order chi connectivity index (χ0) is 9.68. The Labute approximate surface area is 78.9 Å². The van der Waals surface area contributed by atoms with Crippen molar-refractivity contribution in [3.63, 3.8) is 0 Å². The van der Waals surface area contributed by atoms with Crippen LogP contribution in [-0.2, 0) is 17.9 Å². The van der Waals surface area contributed by atoms with Crippen LogP contribution in [0.15, 0.2) is 18.3 Å². The zero-order valence-electron chi connectivity index (χ0n) is 8.16. The molecule has 1 heterocycles. The summed E-state index contributed by atoms with van der Waals surface area (Å²) in [4.78, 5) is 4.17. The molecule has 0 saturated heterocycles. The normalized spacial score (nSPS) is 10.8. The smallest absolute Gasteiger partial charge is 0.0738 e. The third kappa shape index (κ3) is 3.13. The molecule has 2 N–H and O–H groups in total. The first-order chi connectivity index (χ1) is 6.24. The largest absolute Gasteiger partial charge is 0.374 e. The zero-order valence-corrected chi connectivity index (χ0v) is 8.16. The maximum atomic E-state index is 5.54. The molecule has 0 aliphatic carbocycles. The van der Waals surface area contributed by atoms with E-state index in [1.165, 1.54) is 0 Å². The standard InChI is InChI=1S/C10H16N2O/c1-8(2)13-7-9-4-3-5-12-10(9)6-11/h3-5,8H,6-7,11H2,1-2H3. The van der Waals surface area contributed by atoms with Gasteiger partial charge in [-0.05, 0) is 19.9 Å². The quantitative estimate of drug-likeness (QED) is 0.763. The number of ether oxygens (including phenoxy) is 1. The average Bonchev–Trinajstić information content (AvgIpc) is 2.15. The summed E-state index contributed by atoms with van der Waals surface area (Å²) in [5.41, 5.74) is 7.54. The highest BCUT2D eigenvalue weighted by molar-refractivity contribution is 5.18. The third-order valence-corrected chi connectivity index (χ3v) is 1.75. The van der Waals surface area contributed by atoms with Crippen LogP contribution in [0.5, 0.6) is 0 Å². The van der Waals surface area contributed by atoms with E-state index >= 15 is 0 Å². The summed E-state index contributed by atoms with van der Waals surface area (Å²) >= 11 is 0. The van der Waals surface area contributed by atoms with Crippen LogP contribution in [0.1, 0.15) is 25.1 Å². The minimum absolute atomic E-state index is 0.242. The van der Waals surface area contributed by atoms with Crippen LogP contribution >= 0.6 is 0 Å². The minimum atomic E-state index is 0.242. The summed E-state index contributed by atoms with van der Waals surface area (Å²) in [5.74, 6) is 0. The Hall–Kier alpha value is -0.930. The van der Waals surface area contributed by atoms with Crippen LogP contribution in [0.3, 0.4) is 0 Å². The van der Waals surface area contributed by atoms with Crippen LogP contribution in [0.25, 0.3) is 0 Å². The van der Waals surface area contributed by atoms with Gasteiger partial charge < -0.3 is 10.5 Å². The summed E-state index contributed by atoms with van der Waals surface area (Å²) < 4.78 is 5.47. The molecule has 0 bridgehead atoms. The average molecular weight is 180 g/mol. The molecule has 1 aromatic rings. The van der Waals surface area contributed by atoms with Crippen molar-refractivity contribution in [3.8, 4) is 0 Å². The van der Waals surface area contributed by atoms with Gasteiger partial charge in [-0.2, -0.15) is 0 Å². The fraction of sp³-hybridized carbons (Fsp3) is 0.500. The molecule has 0 amide bonds. The van der Waals surface area contributed by atoms with Crippen LogP contribution in [0, 0.1) is 0 Å². The van der Waals surface area contributed by atoms with E-state index in [9.17, 15) is 0 Å². The number of aromatic nitrogens is 1. The third-order valence-electron chi connectivity index (χ3n) is 1.75. The van der Waals surface area contributed by atoms with Gasteiger partial charge in [0, 0.05) is 18.3 Å². The molecular formula is C10H16N2O. The van der Waals surface area contributed by atoms with Gasteiger partial charge in [-0.1, -0.05) is 6.07 Å². The summed E-state index contributed by atoms with van der Waals surface area (Å²) in [6.45, 7) is 5.09. The SMILES string of the molecule is CC(C)OCc1cccnc1CN. The first-order valence-corrected chi connectivity index (χ1v) is 4.48. The molecule has 1 rings (SSSR count). The molecule has 0 spiro atoms. The van der Waals surface area contributed by atoms with Crippen LogP contribution in [-0.4, -0.2) is 11.1 Å². The summed E-state index contributed by atoms with van der Waals surface area (Å²) in [6.07, 6.45) is 1.99. The summed E-state index contributed by atoms with van der Waals surface area (Å²) in [5, 5.41) is 0. The van der Waals surface area contributed by atoms with Crippen LogP contribution in [0.4, 0.5) is 0 Å². The highest BCUT2D eigenvalue weighted by Gasteiger charge is 2.02.